The molecule has 0 radical (unpaired) electrons. The highest BCUT2D eigenvalue weighted by molar-refractivity contribution is 5.75. The van der Waals surface area contributed by atoms with Crippen molar-refractivity contribution in [3.05, 3.63) is 0 Å². The van der Waals surface area contributed by atoms with Gasteiger partial charge in [-0.05, 0) is 32.9 Å². The molecule has 0 amide bonds. The van der Waals surface area contributed by atoms with Crippen molar-refractivity contribution in [2.45, 2.75) is 51.1 Å². The molecule has 0 saturated heterocycles. The van der Waals surface area contributed by atoms with Gasteiger partial charge in [-0.3, -0.25) is 4.79 Å². The number of likely N-dealkylation sites (N-methyl/N-ethyl adjacent to an activating group) is 1. The number of rotatable bonds is 7. The van der Waals surface area contributed by atoms with Crippen LogP contribution in [0.1, 0.15) is 39.0 Å². The maximum atomic E-state index is 11.5. The van der Waals surface area contributed by atoms with Crippen LogP contribution in [0.2, 0.25) is 0 Å². The SMILES string of the molecule is CCN(CCC(NC)C(=O)OC)C1CCCC1. The summed E-state index contributed by atoms with van der Waals surface area (Å²) in [5.41, 5.74) is 0. The second kappa shape index (κ2) is 7.67. The summed E-state index contributed by atoms with van der Waals surface area (Å²) in [5, 5.41) is 3.02. The van der Waals surface area contributed by atoms with Crippen LogP contribution < -0.4 is 5.32 Å². The van der Waals surface area contributed by atoms with E-state index in [1.165, 1.54) is 32.8 Å². The van der Waals surface area contributed by atoms with E-state index >= 15 is 0 Å². The van der Waals surface area contributed by atoms with Crippen molar-refractivity contribution in [3.8, 4) is 0 Å². The van der Waals surface area contributed by atoms with E-state index in [2.05, 4.69) is 17.1 Å². The lowest BCUT2D eigenvalue weighted by atomic mass is 10.1. The Kier molecular flexibility index (Phi) is 6.52. The van der Waals surface area contributed by atoms with E-state index < -0.39 is 0 Å². The molecule has 17 heavy (non-hydrogen) atoms. The van der Waals surface area contributed by atoms with Gasteiger partial charge in [-0.1, -0.05) is 19.8 Å². The summed E-state index contributed by atoms with van der Waals surface area (Å²) in [6, 6.07) is 0.561. The Labute approximate surface area is 105 Å². The number of esters is 1. The Morgan fingerprint density at radius 2 is 2.12 bits per heavy atom. The van der Waals surface area contributed by atoms with Crippen LogP contribution in [-0.2, 0) is 9.53 Å². The number of nitrogens with zero attached hydrogens (tertiary/aromatic N) is 1. The van der Waals surface area contributed by atoms with Gasteiger partial charge >= 0.3 is 5.97 Å². The van der Waals surface area contributed by atoms with Crippen LogP contribution in [0.25, 0.3) is 0 Å². The lowest BCUT2D eigenvalue weighted by molar-refractivity contribution is -0.143. The summed E-state index contributed by atoms with van der Waals surface area (Å²) in [5.74, 6) is -0.157. The molecule has 1 rings (SSSR count). The monoisotopic (exact) mass is 242 g/mol. The van der Waals surface area contributed by atoms with Crippen molar-refractivity contribution in [1.82, 2.24) is 10.2 Å². The number of hydrogen-bond acceptors (Lipinski definition) is 4. The van der Waals surface area contributed by atoms with Gasteiger partial charge in [0, 0.05) is 12.6 Å². The second-order valence-corrected chi connectivity index (χ2v) is 4.72. The lowest BCUT2D eigenvalue weighted by Gasteiger charge is -2.28. The summed E-state index contributed by atoms with van der Waals surface area (Å²) in [7, 11) is 3.26. The first-order valence-electron chi connectivity index (χ1n) is 6.72. The summed E-state index contributed by atoms with van der Waals surface area (Å²) in [4.78, 5) is 14.0. The van der Waals surface area contributed by atoms with Gasteiger partial charge in [0.05, 0.1) is 7.11 Å². The van der Waals surface area contributed by atoms with E-state index in [1.54, 1.807) is 0 Å². The predicted octanol–water partition coefficient (Wildman–Crippen LogP) is 1.40. The number of nitrogens with one attached hydrogen (secondary N) is 1. The standard InChI is InChI=1S/C13H26N2O2/c1-4-15(11-7-5-6-8-11)10-9-12(14-2)13(16)17-3/h11-12,14H,4-10H2,1-3H3. The molecule has 4 nitrogen and oxygen atoms in total. The van der Waals surface area contributed by atoms with Gasteiger partial charge in [-0.15, -0.1) is 0 Å². The number of carbonyl (C=O) groups is 1. The molecular weight excluding hydrogens is 216 g/mol. The molecular formula is C13H26N2O2. The fourth-order valence-electron chi connectivity index (χ4n) is 2.69. The third-order valence-electron chi connectivity index (χ3n) is 3.79. The average Bonchev–Trinajstić information content (AvgIpc) is 2.87. The van der Waals surface area contributed by atoms with E-state index in [4.69, 9.17) is 4.74 Å². The minimum Gasteiger partial charge on any atom is -0.468 e. The van der Waals surface area contributed by atoms with Gasteiger partial charge in [-0.2, -0.15) is 0 Å². The van der Waals surface area contributed by atoms with Gasteiger partial charge in [0.2, 0.25) is 0 Å². The van der Waals surface area contributed by atoms with Crippen molar-refractivity contribution >= 4 is 5.97 Å². The lowest BCUT2D eigenvalue weighted by Crippen LogP contribution is -2.41. The van der Waals surface area contributed by atoms with Crippen LogP contribution in [0.4, 0.5) is 0 Å². The molecule has 1 unspecified atom stereocenters. The van der Waals surface area contributed by atoms with Gasteiger partial charge in [0.1, 0.15) is 6.04 Å². The van der Waals surface area contributed by atoms with Crippen molar-refractivity contribution in [2.24, 2.45) is 0 Å². The van der Waals surface area contributed by atoms with Crippen LogP contribution in [-0.4, -0.2) is 50.2 Å². The zero-order valence-electron chi connectivity index (χ0n) is 11.4. The van der Waals surface area contributed by atoms with Crippen molar-refractivity contribution in [3.63, 3.8) is 0 Å². The molecule has 4 heteroatoms. The second-order valence-electron chi connectivity index (χ2n) is 4.72. The van der Waals surface area contributed by atoms with E-state index in [-0.39, 0.29) is 12.0 Å². The molecule has 1 aliphatic carbocycles. The van der Waals surface area contributed by atoms with Crippen LogP contribution in [0.3, 0.4) is 0 Å². The fourth-order valence-corrected chi connectivity index (χ4v) is 2.69. The molecule has 0 bridgehead atoms. The molecule has 1 atom stereocenters. The van der Waals surface area contributed by atoms with E-state index in [0.29, 0.717) is 0 Å². The zero-order valence-corrected chi connectivity index (χ0v) is 11.4. The van der Waals surface area contributed by atoms with E-state index in [1.807, 2.05) is 7.05 Å². The zero-order chi connectivity index (χ0) is 12.7. The molecule has 0 aromatic carbocycles. The molecule has 0 heterocycles. The Bertz CT molecular complexity index is 227. The summed E-state index contributed by atoms with van der Waals surface area (Å²) in [6.45, 7) is 4.24. The largest absolute Gasteiger partial charge is 0.468 e. The number of methoxy groups -OCH3 is 1. The van der Waals surface area contributed by atoms with Gasteiger partial charge in [0.25, 0.3) is 0 Å². The normalized spacial score (nSPS) is 18.6. The smallest absolute Gasteiger partial charge is 0.322 e. The summed E-state index contributed by atoms with van der Waals surface area (Å²) in [6.07, 6.45) is 6.17. The number of carbonyl (C=O) groups excluding carboxylic acids is 1. The maximum absolute atomic E-state index is 11.5. The summed E-state index contributed by atoms with van der Waals surface area (Å²) >= 11 is 0. The first kappa shape index (κ1) is 14.5. The Morgan fingerprint density at radius 3 is 2.59 bits per heavy atom. The highest BCUT2D eigenvalue weighted by Crippen LogP contribution is 2.23. The fraction of sp³-hybridized carbons (Fsp3) is 0.923. The molecule has 1 aliphatic rings. The minimum atomic E-state index is -0.171. The summed E-state index contributed by atoms with van der Waals surface area (Å²) < 4.78 is 4.77. The third-order valence-corrected chi connectivity index (χ3v) is 3.79. The maximum Gasteiger partial charge on any atom is 0.322 e. The van der Waals surface area contributed by atoms with Crippen molar-refractivity contribution in [1.29, 1.82) is 0 Å². The first-order valence-corrected chi connectivity index (χ1v) is 6.72. The van der Waals surface area contributed by atoms with Crippen LogP contribution >= 0.6 is 0 Å². The van der Waals surface area contributed by atoms with Gasteiger partial charge in [0.15, 0.2) is 0 Å². The molecule has 0 aliphatic heterocycles. The molecule has 1 N–H and O–H groups in total. The quantitative estimate of drug-likeness (QED) is 0.685. The highest BCUT2D eigenvalue weighted by atomic mass is 16.5. The Hall–Kier alpha value is -0.610. The van der Waals surface area contributed by atoms with Gasteiger partial charge < -0.3 is 15.0 Å². The van der Waals surface area contributed by atoms with Crippen LogP contribution in [0, 0.1) is 0 Å². The minimum absolute atomic E-state index is 0.157. The number of hydrogen-bond donors (Lipinski definition) is 1. The highest BCUT2D eigenvalue weighted by Gasteiger charge is 2.23. The Morgan fingerprint density at radius 1 is 1.47 bits per heavy atom. The van der Waals surface area contributed by atoms with E-state index in [9.17, 15) is 4.79 Å². The van der Waals surface area contributed by atoms with Crippen molar-refractivity contribution < 1.29 is 9.53 Å². The van der Waals surface area contributed by atoms with Gasteiger partial charge in [-0.25, -0.2) is 0 Å². The average molecular weight is 242 g/mol. The molecule has 1 saturated carbocycles. The molecule has 1 fully saturated rings. The van der Waals surface area contributed by atoms with E-state index in [0.717, 1.165) is 25.6 Å². The molecule has 0 aromatic heterocycles. The van der Waals surface area contributed by atoms with Crippen molar-refractivity contribution in [2.75, 3.05) is 27.2 Å². The third kappa shape index (κ3) is 4.28. The van der Waals surface area contributed by atoms with Crippen LogP contribution in [0.15, 0.2) is 0 Å². The Balaban J connectivity index is 2.37. The number of ether oxygens (including phenoxy) is 1. The molecule has 0 spiro atoms. The first-order chi connectivity index (χ1) is 8.22. The van der Waals surface area contributed by atoms with Crippen LogP contribution in [0.5, 0.6) is 0 Å². The predicted molar refractivity (Wildman–Crippen MR) is 69.0 cm³/mol. The topological polar surface area (TPSA) is 41.6 Å². The molecule has 100 valence electrons. The molecule has 0 aromatic rings.